The first-order valence-electron chi connectivity index (χ1n) is 9.61. The van der Waals surface area contributed by atoms with Crippen LogP contribution in [0, 0.1) is 0 Å². The summed E-state index contributed by atoms with van der Waals surface area (Å²) in [5.74, 6) is -2.37. The summed E-state index contributed by atoms with van der Waals surface area (Å²) in [6.07, 6.45) is 4.07. The molecule has 0 heterocycles. The number of carbonyl (C=O) groups excluding carboxylic acids is 2. The van der Waals surface area contributed by atoms with Crippen molar-refractivity contribution in [2.75, 3.05) is 13.1 Å². The van der Waals surface area contributed by atoms with Crippen molar-refractivity contribution in [2.45, 2.75) is 50.6 Å². The summed E-state index contributed by atoms with van der Waals surface area (Å²) in [7, 11) is -22.7. The van der Waals surface area contributed by atoms with Crippen LogP contribution in [0.1, 0.15) is 38.5 Å². The van der Waals surface area contributed by atoms with Crippen LogP contribution in [0.3, 0.4) is 0 Å². The van der Waals surface area contributed by atoms with Crippen LogP contribution in [0.25, 0.3) is 0 Å². The van der Waals surface area contributed by atoms with Gasteiger partial charge in [0.2, 0.25) is 0 Å². The van der Waals surface area contributed by atoms with E-state index in [1.807, 2.05) is 0 Å². The Hall–Kier alpha value is 12.5. The Balaban J connectivity index is -0.0000000250. The number of hydrogen-bond acceptors (Lipinski definition) is 22. The zero-order chi connectivity index (χ0) is 31.4. The fourth-order valence-corrected chi connectivity index (χ4v) is 3.46. The van der Waals surface area contributed by atoms with E-state index in [0.717, 1.165) is 25.7 Å². The van der Waals surface area contributed by atoms with E-state index >= 15 is 0 Å². The maximum absolute atomic E-state index is 10.0. The number of carbonyl (C=O) groups is 2. The minimum Gasteiger partial charge on any atom is -0.790 e. The number of hydrogen-bond donors (Lipinski definition) is 4. The third-order valence-corrected chi connectivity index (χ3v) is 6.14. The van der Waals surface area contributed by atoms with Gasteiger partial charge < -0.3 is 109 Å². The predicted octanol–water partition coefficient (Wildman–Crippen LogP) is -40.3. The van der Waals surface area contributed by atoms with E-state index in [1.54, 1.807) is 0 Å². The van der Waals surface area contributed by atoms with Crippen molar-refractivity contribution >= 4 is 43.2 Å². The van der Waals surface area contributed by atoms with E-state index in [9.17, 15) is 77.2 Å². The Morgan fingerprint density at radius 3 is 0.729 bits per heavy atom. The smallest absolute Gasteiger partial charge is 0.790 e. The maximum atomic E-state index is 10.0. The molecule has 2 atom stereocenters. The molecular formula is C12H26K5N4Na5O18P4. The fourth-order valence-electron chi connectivity index (χ4n) is 1.50. The third kappa shape index (κ3) is 107. The SMILES string of the molecule is NCCCC[C@H](N)C(=O)[O-].NCCCC[C@H](N)C(=O)[O-].O=P([O-])([O-])OP(=O)([O-])[O-].O=P([O-])([O-])OP(=O)([O-])[O-].[K+].[K+].[K+].[K+].[K+].[Na+].[Na+].[Na+].[Na+].[Na+]. The van der Waals surface area contributed by atoms with Crippen molar-refractivity contribution < 1.29 is 491 Å². The molecule has 0 aliphatic heterocycles. The van der Waals surface area contributed by atoms with Crippen LogP contribution >= 0.6 is 31.3 Å². The van der Waals surface area contributed by atoms with E-state index in [-0.39, 0.29) is 405 Å². The number of rotatable bonds is 14. The van der Waals surface area contributed by atoms with Gasteiger partial charge in [-0.1, -0.05) is 12.8 Å². The molecule has 8 N–H and O–H groups in total. The van der Waals surface area contributed by atoms with Gasteiger partial charge in [-0.15, -0.1) is 0 Å². The van der Waals surface area contributed by atoms with Gasteiger partial charge in [-0.05, 0) is 38.8 Å². The molecule has 0 radical (unpaired) electrons. The molecule has 0 fully saturated rings. The number of nitrogens with two attached hydrogens (primary N) is 4. The zero-order valence-electron chi connectivity index (χ0n) is 29.3. The van der Waals surface area contributed by atoms with Gasteiger partial charge in [0.05, 0.1) is 43.2 Å². The van der Waals surface area contributed by atoms with Crippen LogP contribution in [0.2, 0.25) is 0 Å². The molecule has 36 heteroatoms. The molecule has 0 unspecified atom stereocenters. The minimum atomic E-state index is -5.68. The fraction of sp³-hybridized carbons (Fsp3) is 0.833. The minimum absolute atomic E-state index is 0. The first-order chi connectivity index (χ1) is 16.8. The summed E-state index contributed by atoms with van der Waals surface area (Å²) in [5.41, 5.74) is 20.7. The van der Waals surface area contributed by atoms with Crippen molar-refractivity contribution in [3.63, 3.8) is 0 Å². The van der Waals surface area contributed by atoms with Crippen molar-refractivity contribution in [2.24, 2.45) is 22.9 Å². The van der Waals surface area contributed by atoms with Gasteiger partial charge in [-0.25, -0.2) is 0 Å². The van der Waals surface area contributed by atoms with E-state index < -0.39 is 55.3 Å². The van der Waals surface area contributed by atoms with E-state index in [0.29, 0.717) is 25.9 Å². The Morgan fingerprint density at radius 2 is 0.646 bits per heavy atom. The molecular weight excluding hydrogens is 922 g/mol. The number of phosphoric acid groups is 4. The average molecular weight is 949 g/mol. The molecule has 0 aliphatic carbocycles. The molecule has 0 rings (SSSR count). The van der Waals surface area contributed by atoms with Crippen molar-refractivity contribution in [1.29, 1.82) is 0 Å². The number of aliphatic carboxylic acids is 2. The van der Waals surface area contributed by atoms with E-state index in [1.165, 1.54) is 0 Å². The van der Waals surface area contributed by atoms with Crippen LogP contribution in [-0.4, -0.2) is 37.1 Å². The average Bonchev–Trinajstić information content (AvgIpc) is 2.63. The maximum Gasteiger partial charge on any atom is 1.00 e. The van der Waals surface area contributed by atoms with Gasteiger partial charge in [-0.2, -0.15) is 0 Å². The summed E-state index contributed by atoms with van der Waals surface area (Å²) in [6, 6.07) is -1.65. The van der Waals surface area contributed by atoms with Crippen LogP contribution in [0.5, 0.6) is 0 Å². The van der Waals surface area contributed by atoms with Crippen LogP contribution in [0.15, 0.2) is 0 Å². The van der Waals surface area contributed by atoms with Crippen molar-refractivity contribution in [3.8, 4) is 0 Å². The molecule has 0 bridgehead atoms. The topological polar surface area (TPSA) is 456 Å². The van der Waals surface area contributed by atoms with Gasteiger partial charge in [0.25, 0.3) is 0 Å². The summed E-state index contributed by atoms with van der Waals surface area (Å²) in [6.45, 7) is 1.17. The monoisotopic (exact) mass is 948 g/mol. The summed E-state index contributed by atoms with van der Waals surface area (Å²) in [5, 5.41) is 20.1. The zero-order valence-corrected chi connectivity index (χ0v) is 58.5. The summed E-state index contributed by atoms with van der Waals surface area (Å²) >= 11 is 0. The molecule has 0 saturated heterocycles. The quantitative estimate of drug-likeness (QED) is 0.0713. The predicted molar refractivity (Wildman–Crippen MR) is 104 cm³/mol. The van der Waals surface area contributed by atoms with E-state index in [2.05, 4.69) is 8.62 Å². The van der Waals surface area contributed by atoms with Gasteiger partial charge in [0.15, 0.2) is 0 Å². The number of carboxylic acids is 2. The Bertz CT molecular complexity index is 775. The van der Waals surface area contributed by atoms with Gasteiger partial charge in [0, 0.05) is 12.1 Å². The largest absolute Gasteiger partial charge is 1.00 e. The Labute approximate surface area is 603 Å². The van der Waals surface area contributed by atoms with Crippen LogP contribution < -0.4 is 477 Å². The normalized spacial score (nSPS) is 10.6. The van der Waals surface area contributed by atoms with Crippen molar-refractivity contribution in [3.05, 3.63) is 0 Å². The Kier molecular flexibility index (Phi) is 123. The summed E-state index contributed by atoms with van der Waals surface area (Å²) < 4.78 is 42.3. The molecule has 0 spiro atoms. The second kappa shape index (κ2) is 59.5. The number of unbranched alkanes of at least 4 members (excludes halogenated alkanes) is 2. The molecule has 232 valence electrons. The molecule has 0 aromatic carbocycles. The molecule has 0 aromatic heterocycles. The third-order valence-electron chi connectivity index (χ3n) is 2.94. The van der Waals surface area contributed by atoms with Crippen LogP contribution in [-0.2, 0) is 36.5 Å². The summed E-state index contributed by atoms with van der Waals surface area (Å²) in [4.78, 5) is 94.6. The van der Waals surface area contributed by atoms with Crippen LogP contribution in [0.4, 0.5) is 0 Å². The van der Waals surface area contributed by atoms with Gasteiger partial charge in [0.1, 0.15) is 0 Å². The van der Waals surface area contributed by atoms with E-state index in [4.69, 9.17) is 22.9 Å². The molecule has 0 aromatic rings. The first-order valence-corrected chi connectivity index (χ1v) is 15.5. The van der Waals surface area contributed by atoms with Gasteiger partial charge >= 0.3 is 405 Å². The molecule has 0 aliphatic rings. The van der Waals surface area contributed by atoms with Gasteiger partial charge in [-0.3, -0.25) is 0 Å². The second-order valence-electron chi connectivity index (χ2n) is 6.37. The number of carboxylic acid groups (broad SMARTS) is 2. The molecule has 22 nitrogen and oxygen atoms in total. The molecule has 0 amide bonds. The standard InChI is InChI=1S/2C6H14N2O2.5K.5Na.2H4O7P2/c2*7-4-2-1-3-5(8)6(9)10;;;;;;;;;;;2*1-8(2,3)7-9(4,5)6/h2*5H,1-4,7-8H2,(H,9,10);;;;;;;;;;;2*(H2,1,2,3)(H2,4,5,6)/q;;10*+1;;/p-10/t2*5-;;;;;;;;;;;;/m00............/s1. The first kappa shape index (κ1) is 99.0. The molecule has 0 saturated carbocycles. The Morgan fingerprint density at radius 1 is 0.479 bits per heavy atom. The second-order valence-corrected chi connectivity index (χ2v) is 11.3. The molecule has 48 heavy (non-hydrogen) atoms. The van der Waals surface area contributed by atoms with Crippen molar-refractivity contribution in [1.82, 2.24) is 0 Å².